The van der Waals surface area contributed by atoms with E-state index in [9.17, 15) is 0 Å². The van der Waals surface area contributed by atoms with Crippen LogP contribution in [-0.4, -0.2) is 0 Å². The van der Waals surface area contributed by atoms with E-state index < -0.39 is 0 Å². The van der Waals surface area contributed by atoms with E-state index in [0.717, 1.165) is 26.4 Å². The number of hydrogen-bond donors (Lipinski definition) is 0. The Hall–Kier alpha value is -1.68. The standard InChI is InChI=1S/C22H24O3/c1-13-14(2)22(16-4-6-18-10-24-12-20(18)8-16)25-21(13)15-3-5-17-9-23-11-19(17)7-15/h3-8,13-14,21-22H,9-12H2,1-2H3. The summed E-state index contributed by atoms with van der Waals surface area (Å²) in [6.07, 6.45) is 0.297. The molecule has 0 saturated carbocycles. The van der Waals surface area contributed by atoms with Gasteiger partial charge in [0, 0.05) is 0 Å². The van der Waals surface area contributed by atoms with Crippen LogP contribution in [0.2, 0.25) is 0 Å². The van der Waals surface area contributed by atoms with Crippen molar-refractivity contribution >= 4 is 0 Å². The molecule has 3 heterocycles. The van der Waals surface area contributed by atoms with Crippen molar-refractivity contribution in [2.75, 3.05) is 0 Å². The lowest BCUT2D eigenvalue weighted by atomic mass is 9.84. The monoisotopic (exact) mass is 336 g/mol. The predicted molar refractivity (Wildman–Crippen MR) is 94.8 cm³/mol. The van der Waals surface area contributed by atoms with Crippen LogP contribution in [0.3, 0.4) is 0 Å². The van der Waals surface area contributed by atoms with Crippen molar-refractivity contribution in [2.24, 2.45) is 11.8 Å². The summed E-state index contributed by atoms with van der Waals surface area (Å²) in [6, 6.07) is 13.4. The van der Waals surface area contributed by atoms with Gasteiger partial charge in [0.2, 0.25) is 0 Å². The largest absolute Gasteiger partial charge is 0.372 e. The predicted octanol–water partition coefficient (Wildman–Crippen LogP) is 4.83. The van der Waals surface area contributed by atoms with Crippen molar-refractivity contribution < 1.29 is 14.2 Å². The van der Waals surface area contributed by atoms with Gasteiger partial charge >= 0.3 is 0 Å². The van der Waals surface area contributed by atoms with Crippen LogP contribution in [0, 0.1) is 11.8 Å². The van der Waals surface area contributed by atoms with Crippen molar-refractivity contribution in [3.05, 3.63) is 69.8 Å². The first kappa shape index (κ1) is 15.6. The Balaban J connectivity index is 1.44. The zero-order valence-electron chi connectivity index (χ0n) is 14.8. The molecule has 3 aliphatic heterocycles. The molecular formula is C22H24O3. The fourth-order valence-electron chi connectivity index (χ4n) is 4.46. The summed E-state index contributed by atoms with van der Waals surface area (Å²) in [5, 5.41) is 0. The van der Waals surface area contributed by atoms with Crippen LogP contribution in [0.5, 0.6) is 0 Å². The molecule has 130 valence electrons. The van der Waals surface area contributed by atoms with E-state index in [2.05, 4.69) is 50.2 Å². The molecule has 0 N–H and O–H groups in total. The molecule has 0 aliphatic carbocycles. The zero-order chi connectivity index (χ0) is 17.0. The van der Waals surface area contributed by atoms with Crippen molar-refractivity contribution in [1.29, 1.82) is 0 Å². The molecule has 4 atom stereocenters. The number of rotatable bonds is 2. The highest BCUT2D eigenvalue weighted by Gasteiger charge is 2.41. The highest BCUT2D eigenvalue weighted by atomic mass is 16.5. The quantitative estimate of drug-likeness (QED) is 0.786. The van der Waals surface area contributed by atoms with Crippen LogP contribution in [0.15, 0.2) is 36.4 Å². The molecule has 0 aromatic heterocycles. The number of benzene rings is 2. The van der Waals surface area contributed by atoms with Gasteiger partial charge in [-0.1, -0.05) is 50.2 Å². The molecule has 5 rings (SSSR count). The third kappa shape index (κ3) is 2.53. The highest BCUT2D eigenvalue weighted by Crippen LogP contribution is 2.49. The van der Waals surface area contributed by atoms with Crippen LogP contribution < -0.4 is 0 Å². The first-order valence-electron chi connectivity index (χ1n) is 9.25. The fraction of sp³-hybridized carbons (Fsp3) is 0.455. The van der Waals surface area contributed by atoms with Crippen molar-refractivity contribution in [3.63, 3.8) is 0 Å². The van der Waals surface area contributed by atoms with E-state index in [4.69, 9.17) is 14.2 Å². The maximum absolute atomic E-state index is 6.60. The van der Waals surface area contributed by atoms with Gasteiger partial charge in [-0.05, 0) is 45.2 Å². The zero-order valence-corrected chi connectivity index (χ0v) is 14.8. The lowest BCUT2D eigenvalue weighted by Gasteiger charge is -2.17. The minimum Gasteiger partial charge on any atom is -0.372 e. The summed E-state index contributed by atoms with van der Waals surface area (Å²) in [5.41, 5.74) is 7.85. The van der Waals surface area contributed by atoms with E-state index >= 15 is 0 Å². The summed E-state index contributed by atoms with van der Waals surface area (Å²) in [6.45, 7) is 7.58. The molecule has 1 fully saturated rings. The number of ether oxygens (including phenoxy) is 3. The smallest absolute Gasteiger partial charge is 0.0862 e. The van der Waals surface area contributed by atoms with Crippen molar-refractivity contribution in [3.8, 4) is 0 Å². The minimum absolute atomic E-state index is 0.149. The van der Waals surface area contributed by atoms with Crippen LogP contribution in [0.1, 0.15) is 59.4 Å². The van der Waals surface area contributed by atoms with Crippen LogP contribution in [0.25, 0.3) is 0 Å². The molecule has 2 aromatic rings. The fourth-order valence-corrected chi connectivity index (χ4v) is 4.46. The molecule has 3 heteroatoms. The maximum atomic E-state index is 6.60. The Bertz CT molecular complexity index is 745. The second-order valence-electron chi connectivity index (χ2n) is 7.74. The van der Waals surface area contributed by atoms with E-state index in [-0.39, 0.29) is 12.2 Å². The van der Waals surface area contributed by atoms with Crippen molar-refractivity contribution in [1.82, 2.24) is 0 Å². The van der Waals surface area contributed by atoms with Gasteiger partial charge in [-0.2, -0.15) is 0 Å². The van der Waals surface area contributed by atoms with Crippen LogP contribution in [-0.2, 0) is 40.6 Å². The Kier molecular flexibility index (Phi) is 3.70. The first-order valence-corrected chi connectivity index (χ1v) is 9.25. The summed E-state index contributed by atoms with van der Waals surface area (Å²) in [7, 11) is 0. The third-order valence-electron chi connectivity index (χ3n) is 6.23. The average molecular weight is 336 g/mol. The van der Waals surface area contributed by atoms with E-state index in [1.54, 1.807) is 0 Å². The SMILES string of the molecule is CC1C(c2ccc3c(c2)COC3)OC(c2ccc3c(c2)COC3)C1C. The van der Waals surface area contributed by atoms with E-state index in [1.807, 2.05) is 0 Å². The van der Waals surface area contributed by atoms with Gasteiger partial charge in [-0.15, -0.1) is 0 Å². The van der Waals surface area contributed by atoms with Gasteiger partial charge in [0.25, 0.3) is 0 Å². The average Bonchev–Trinajstić information content (AvgIpc) is 3.34. The van der Waals surface area contributed by atoms with Crippen molar-refractivity contribution in [2.45, 2.75) is 52.5 Å². The second-order valence-corrected chi connectivity index (χ2v) is 7.74. The number of fused-ring (bicyclic) bond motifs is 2. The Morgan fingerprint density at radius 3 is 1.56 bits per heavy atom. The molecule has 3 aliphatic rings. The molecule has 4 unspecified atom stereocenters. The van der Waals surface area contributed by atoms with Gasteiger partial charge in [-0.3, -0.25) is 0 Å². The second kappa shape index (κ2) is 5.94. The van der Waals surface area contributed by atoms with Gasteiger partial charge in [0.15, 0.2) is 0 Å². The molecule has 25 heavy (non-hydrogen) atoms. The molecule has 0 radical (unpaired) electrons. The molecule has 1 saturated heterocycles. The van der Waals surface area contributed by atoms with Gasteiger partial charge in [-0.25, -0.2) is 0 Å². The van der Waals surface area contributed by atoms with Crippen LogP contribution >= 0.6 is 0 Å². The van der Waals surface area contributed by atoms with E-state index in [0.29, 0.717) is 11.8 Å². The summed E-state index contributed by atoms with van der Waals surface area (Å²) >= 11 is 0. The van der Waals surface area contributed by atoms with E-state index in [1.165, 1.54) is 33.4 Å². The molecule has 0 bridgehead atoms. The first-order chi connectivity index (χ1) is 12.2. The highest BCUT2D eigenvalue weighted by molar-refractivity contribution is 5.37. The number of hydrogen-bond acceptors (Lipinski definition) is 3. The minimum atomic E-state index is 0.149. The summed E-state index contributed by atoms with van der Waals surface area (Å²) in [4.78, 5) is 0. The molecule has 2 aromatic carbocycles. The lowest BCUT2D eigenvalue weighted by Crippen LogP contribution is -2.10. The molecule has 0 spiro atoms. The normalized spacial score (nSPS) is 30.5. The van der Waals surface area contributed by atoms with Gasteiger partial charge < -0.3 is 14.2 Å². The summed E-state index contributed by atoms with van der Waals surface area (Å²) in [5.74, 6) is 0.963. The molecular weight excluding hydrogens is 312 g/mol. The maximum Gasteiger partial charge on any atom is 0.0862 e. The Morgan fingerprint density at radius 2 is 1.08 bits per heavy atom. The Morgan fingerprint density at radius 1 is 0.640 bits per heavy atom. The van der Waals surface area contributed by atoms with Crippen LogP contribution in [0.4, 0.5) is 0 Å². The lowest BCUT2D eigenvalue weighted by molar-refractivity contribution is 0.0289. The third-order valence-corrected chi connectivity index (χ3v) is 6.23. The summed E-state index contributed by atoms with van der Waals surface area (Å²) < 4.78 is 17.7. The topological polar surface area (TPSA) is 27.7 Å². The van der Waals surface area contributed by atoms with Gasteiger partial charge in [0.05, 0.1) is 38.6 Å². The molecule has 0 amide bonds. The Labute approximate surface area is 148 Å². The molecule has 3 nitrogen and oxygen atoms in total. The van der Waals surface area contributed by atoms with Gasteiger partial charge in [0.1, 0.15) is 0 Å².